The third kappa shape index (κ3) is 5.71. The highest BCUT2D eigenvalue weighted by Crippen LogP contribution is 2.20. The molecule has 4 nitrogen and oxygen atoms in total. The first-order valence-corrected chi connectivity index (χ1v) is 8.67. The summed E-state index contributed by atoms with van der Waals surface area (Å²) in [5.74, 6) is 0.777. The van der Waals surface area contributed by atoms with Crippen LogP contribution in [0.4, 0.5) is 4.39 Å². The van der Waals surface area contributed by atoms with E-state index in [-0.39, 0.29) is 30.7 Å². The number of halogens is 2. The van der Waals surface area contributed by atoms with E-state index in [0.29, 0.717) is 23.8 Å². The van der Waals surface area contributed by atoms with Crippen LogP contribution in [0.1, 0.15) is 28.8 Å². The van der Waals surface area contributed by atoms with Gasteiger partial charge in [0.15, 0.2) is 0 Å². The average Bonchev–Trinajstić information content (AvgIpc) is 3.15. The summed E-state index contributed by atoms with van der Waals surface area (Å²) >= 11 is 0. The van der Waals surface area contributed by atoms with E-state index >= 15 is 0 Å². The monoisotopic (exact) mass is 378 g/mol. The topological polar surface area (TPSA) is 50.4 Å². The van der Waals surface area contributed by atoms with Crippen LogP contribution in [0, 0.1) is 11.7 Å². The molecule has 2 aromatic rings. The van der Waals surface area contributed by atoms with Gasteiger partial charge in [-0.25, -0.2) is 4.39 Å². The number of para-hydroxylation sites is 1. The van der Waals surface area contributed by atoms with Gasteiger partial charge in [0, 0.05) is 6.54 Å². The van der Waals surface area contributed by atoms with E-state index in [1.807, 2.05) is 12.1 Å². The quantitative estimate of drug-likeness (QED) is 0.774. The molecule has 1 saturated heterocycles. The molecule has 2 aromatic carbocycles. The SMILES string of the molecule is Cl.O=C(NCCC1CCNC1)c1ccccc1OCc1ccc(F)cc1. The summed E-state index contributed by atoms with van der Waals surface area (Å²) in [6, 6.07) is 13.3. The molecule has 6 heteroatoms. The Balaban J connectivity index is 0.00000243. The molecule has 1 aliphatic rings. The Morgan fingerprint density at radius 2 is 1.96 bits per heavy atom. The van der Waals surface area contributed by atoms with Gasteiger partial charge in [-0.05, 0) is 61.7 Å². The van der Waals surface area contributed by atoms with Crippen molar-refractivity contribution >= 4 is 18.3 Å². The van der Waals surface area contributed by atoms with Crippen molar-refractivity contribution in [2.45, 2.75) is 19.4 Å². The highest BCUT2D eigenvalue weighted by atomic mass is 35.5. The first-order chi connectivity index (χ1) is 12.2. The summed E-state index contributed by atoms with van der Waals surface area (Å²) in [7, 11) is 0. The van der Waals surface area contributed by atoms with E-state index in [2.05, 4.69) is 10.6 Å². The van der Waals surface area contributed by atoms with E-state index in [1.165, 1.54) is 18.6 Å². The number of benzene rings is 2. The number of rotatable bonds is 7. The van der Waals surface area contributed by atoms with Crippen molar-refractivity contribution in [1.82, 2.24) is 10.6 Å². The normalized spacial score (nSPS) is 16.0. The fourth-order valence-corrected chi connectivity index (χ4v) is 2.97. The summed E-state index contributed by atoms with van der Waals surface area (Å²) in [5.41, 5.74) is 1.37. The van der Waals surface area contributed by atoms with Crippen molar-refractivity contribution in [3.63, 3.8) is 0 Å². The van der Waals surface area contributed by atoms with Gasteiger partial charge < -0.3 is 15.4 Å². The van der Waals surface area contributed by atoms with Gasteiger partial charge >= 0.3 is 0 Å². The highest BCUT2D eigenvalue weighted by Gasteiger charge is 2.16. The molecule has 0 radical (unpaired) electrons. The van der Waals surface area contributed by atoms with Crippen LogP contribution in [-0.4, -0.2) is 25.5 Å². The standard InChI is InChI=1S/C20H23FN2O2.ClH/c21-17-7-5-16(6-8-17)14-25-19-4-2-1-3-18(19)20(24)23-12-10-15-9-11-22-13-15;/h1-8,15,22H,9-14H2,(H,23,24);1H. The number of carbonyl (C=O) groups excluding carboxylic acids is 1. The maximum atomic E-state index is 13.0. The van der Waals surface area contributed by atoms with Crippen LogP contribution in [0.3, 0.4) is 0 Å². The van der Waals surface area contributed by atoms with Crippen molar-refractivity contribution in [1.29, 1.82) is 0 Å². The number of amides is 1. The van der Waals surface area contributed by atoms with Crippen LogP contribution in [0.2, 0.25) is 0 Å². The minimum absolute atomic E-state index is 0. The van der Waals surface area contributed by atoms with Crippen LogP contribution in [-0.2, 0) is 6.61 Å². The molecular weight excluding hydrogens is 355 g/mol. The Bertz CT molecular complexity index is 703. The van der Waals surface area contributed by atoms with E-state index in [0.717, 1.165) is 25.1 Å². The molecule has 0 aliphatic carbocycles. The second-order valence-electron chi connectivity index (χ2n) is 6.31. The highest BCUT2D eigenvalue weighted by molar-refractivity contribution is 5.96. The zero-order chi connectivity index (χ0) is 17.5. The molecule has 1 fully saturated rings. The fourth-order valence-electron chi connectivity index (χ4n) is 2.97. The maximum Gasteiger partial charge on any atom is 0.255 e. The first-order valence-electron chi connectivity index (χ1n) is 8.67. The van der Waals surface area contributed by atoms with Crippen molar-refractivity contribution < 1.29 is 13.9 Å². The largest absolute Gasteiger partial charge is 0.488 e. The van der Waals surface area contributed by atoms with E-state index in [4.69, 9.17) is 4.74 Å². The molecule has 2 N–H and O–H groups in total. The summed E-state index contributed by atoms with van der Waals surface area (Å²) in [5, 5.41) is 6.31. The molecule has 3 rings (SSSR count). The lowest BCUT2D eigenvalue weighted by atomic mass is 10.1. The zero-order valence-electron chi connectivity index (χ0n) is 14.5. The van der Waals surface area contributed by atoms with Gasteiger partial charge in [0.25, 0.3) is 5.91 Å². The number of hydrogen-bond acceptors (Lipinski definition) is 3. The third-order valence-electron chi connectivity index (χ3n) is 4.44. The van der Waals surface area contributed by atoms with Crippen LogP contribution >= 0.6 is 12.4 Å². The van der Waals surface area contributed by atoms with Gasteiger partial charge in [-0.1, -0.05) is 24.3 Å². The molecule has 1 heterocycles. The maximum absolute atomic E-state index is 13.0. The molecule has 1 aliphatic heterocycles. The molecule has 1 atom stereocenters. The number of hydrogen-bond donors (Lipinski definition) is 2. The Kier molecular flexibility index (Phi) is 7.88. The molecule has 0 spiro atoms. The second kappa shape index (κ2) is 10.1. The van der Waals surface area contributed by atoms with Gasteiger partial charge in [0.1, 0.15) is 18.2 Å². The lowest BCUT2D eigenvalue weighted by molar-refractivity contribution is 0.0947. The summed E-state index contributed by atoms with van der Waals surface area (Å²) in [6.07, 6.45) is 2.16. The van der Waals surface area contributed by atoms with E-state index in [9.17, 15) is 9.18 Å². The lowest BCUT2D eigenvalue weighted by Gasteiger charge is -2.13. The molecule has 0 saturated carbocycles. The molecular formula is C20H24ClFN2O2. The van der Waals surface area contributed by atoms with Crippen molar-refractivity contribution in [2.24, 2.45) is 5.92 Å². The summed E-state index contributed by atoms with van der Waals surface area (Å²) in [6.45, 7) is 3.06. The summed E-state index contributed by atoms with van der Waals surface area (Å²) < 4.78 is 18.7. The second-order valence-corrected chi connectivity index (χ2v) is 6.31. The predicted octanol–water partition coefficient (Wildman–Crippen LogP) is 3.56. The minimum atomic E-state index is -0.277. The van der Waals surface area contributed by atoms with E-state index in [1.54, 1.807) is 24.3 Å². The molecule has 0 bridgehead atoms. The van der Waals surface area contributed by atoms with Crippen molar-refractivity contribution in [3.8, 4) is 5.75 Å². The van der Waals surface area contributed by atoms with Gasteiger partial charge in [-0.3, -0.25) is 4.79 Å². The lowest BCUT2D eigenvalue weighted by Crippen LogP contribution is -2.26. The van der Waals surface area contributed by atoms with Gasteiger partial charge in [0.2, 0.25) is 0 Å². The van der Waals surface area contributed by atoms with Gasteiger partial charge in [0.05, 0.1) is 5.56 Å². The molecule has 26 heavy (non-hydrogen) atoms. The Morgan fingerprint density at radius 3 is 2.69 bits per heavy atom. The predicted molar refractivity (Wildman–Crippen MR) is 102 cm³/mol. The molecule has 0 aromatic heterocycles. The Labute approximate surface area is 159 Å². The van der Waals surface area contributed by atoms with E-state index < -0.39 is 0 Å². The summed E-state index contributed by atoms with van der Waals surface area (Å²) in [4.78, 5) is 12.4. The smallest absolute Gasteiger partial charge is 0.255 e. The molecule has 1 unspecified atom stereocenters. The average molecular weight is 379 g/mol. The van der Waals surface area contributed by atoms with Crippen LogP contribution in [0.15, 0.2) is 48.5 Å². The van der Waals surface area contributed by atoms with Crippen LogP contribution in [0.25, 0.3) is 0 Å². The van der Waals surface area contributed by atoms with Crippen molar-refractivity contribution in [2.75, 3.05) is 19.6 Å². The molecule has 1 amide bonds. The Hall–Kier alpha value is -2.11. The van der Waals surface area contributed by atoms with Crippen molar-refractivity contribution in [3.05, 3.63) is 65.5 Å². The van der Waals surface area contributed by atoms with Crippen LogP contribution < -0.4 is 15.4 Å². The van der Waals surface area contributed by atoms with Gasteiger partial charge in [-0.2, -0.15) is 0 Å². The first kappa shape index (κ1) is 20.2. The minimum Gasteiger partial charge on any atom is -0.488 e. The number of carbonyl (C=O) groups is 1. The molecule has 140 valence electrons. The van der Waals surface area contributed by atoms with Crippen LogP contribution in [0.5, 0.6) is 5.75 Å². The Morgan fingerprint density at radius 1 is 1.19 bits per heavy atom. The number of nitrogens with one attached hydrogen (secondary N) is 2. The fraction of sp³-hybridized carbons (Fsp3) is 0.350. The zero-order valence-corrected chi connectivity index (χ0v) is 15.4. The third-order valence-corrected chi connectivity index (χ3v) is 4.44. The number of ether oxygens (including phenoxy) is 1. The van der Waals surface area contributed by atoms with Gasteiger partial charge in [-0.15, -0.1) is 12.4 Å².